The molecule has 10 heteroatoms. The van der Waals surface area contributed by atoms with Crippen molar-refractivity contribution in [3.05, 3.63) is 57.8 Å². The number of benzene rings is 1. The van der Waals surface area contributed by atoms with Crippen LogP contribution in [0.15, 0.2) is 35.2 Å². The average Bonchev–Trinajstić information content (AvgIpc) is 3.16. The van der Waals surface area contributed by atoms with Crippen LogP contribution >= 0.6 is 11.8 Å². The summed E-state index contributed by atoms with van der Waals surface area (Å²) >= 11 is 0.701. The Labute approximate surface area is 193 Å². The number of nitrogens with zero attached hydrogens (tertiary/aromatic N) is 2. The lowest BCUT2D eigenvalue weighted by atomic mass is 10.2. The lowest BCUT2D eigenvalue weighted by Gasteiger charge is -2.14. The second-order valence-electron chi connectivity index (χ2n) is 7.69. The average molecular weight is 481 g/mol. The first-order chi connectivity index (χ1) is 15.4. The van der Waals surface area contributed by atoms with Crippen molar-refractivity contribution >= 4 is 35.0 Å². The zero-order valence-electron chi connectivity index (χ0n) is 18.5. The maximum Gasteiger partial charge on any atom is 0.416 e. The van der Waals surface area contributed by atoms with Crippen molar-refractivity contribution in [1.29, 1.82) is 0 Å². The molecule has 0 saturated carbocycles. The summed E-state index contributed by atoms with van der Waals surface area (Å²) in [6, 6.07) is 6.68. The van der Waals surface area contributed by atoms with Crippen molar-refractivity contribution in [2.75, 3.05) is 6.54 Å². The second-order valence-corrected chi connectivity index (χ2v) is 8.68. The quantitative estimate of drug-likeness (QED) is 0.404. The van der Waals surface area contributed by atoms with Crippen molar-refractivity contribution in [3.63, 3.8) is 0 Å². The molecular weight excluding hydrogens is 457 g/mol. The second kappa shape index (κ2) is 9.46. The molecule has 33 heavy (non-hydrogen) atoms. The number of rotatable bonds is 6. The Morgan fingerprint density at radius 2 is 1.91 bits per heavy atom. The third kappa shape index (κ3) is 5.32. The van der Waals surface area contributed by atoms with Crippen LogP contribution < -0.4 is 0 Å². The van der Waals surface area contributed by atoms with Gasteiger partial charge in [-0.05, 0) is 74.9 Å². The van der Waals surface area contributed by atoms with Crippen molar-refractivity contribution in [2.24, 2.45) is 0 Å². The number of esters is 1. The number of ether oxygens (including phenoxy) is 1. The van der Waals surface area contributed by atoms with Crippen molar-refractivity contribution in [3.8, 4) is 5.69 Å². The molecule has 1 saturated heterocycles. The van der Waals surface area contributed by atoms with Crippen LogP contribution in [-0.2, 0) is 20.5 Å². The molecule has 0 N–H and O–H groups in total. The Hall–Kier alpha value is -3.01. The molecule has 1 aliphatic heterocycles. The molecule has 1 aromatic heterocycles. The van der Waals surface area contributed by atoms with Crippen LogP contribution in [-0.4, -0.2) is 39.2 Å². The van der Waals surface area contributed by atoms with Crippen molar-refractivity contribution in [2.45, 2.75) is 46.4 Å². The van der Waals surface area contributed by atoms with Crippen LogP contribution in [0.25, 0.3) is 11.8 Å². The first-order valence-electron chi connectivity index (χ1n) is 10.2. The minimum atomic E-state index is -4.47. The number of carbonyl (C=O) groups excluding carboxylic acids is 3. The third-order valence-electron chi connectivity index (χ3n) is 5.26. The number of amides is 2. The fourth-order valence-corrected chi connectivity index (χ4v) is 4.23. The lowest BCUT2D eigenvalue weighted by Crippen LogP contribution is -2.35. The number of imide groups is 1. The first-order valence-corrected chi connectivity index (χ1v) is 11.1. The topological polar surface area (TPSA) is 68.6 Å². The summed E-state index contributed by atoms with van der Waals surface area (Å²) < 4.78 is 46.2. The molecule has 1 aliphatic rings. The summed E-state index contributed by atoms with van der Waals surface area (Å²) in [5.74, 6) is -1.29. The van der Waals surface area contributed by atoms with Crippen LogP contribution in [0.2, 0.25) is 0 Å². The molecule has 2 aromatic rings. The molecule has 6 nitrogen and oxygen atoms in total. The van der Waals surface area contributed by atoms with E-state index in [0.29, 0.717) is 40.8 Å². The largest absolute Gasteiger partial charge is 0.461 e. The minimum Gasteiger partial charge on any atom is -0.461 e. The highest BCUT2D eigenvalue weighted by Gasteiger charge is 2.37. The summed E-state index contributed by atoms with van der Waals surface area (Å²) in [5, 5.41) is -0.584. The van der Waals surface area contributed by atoms with Crippen LogP contribution in [0.1, 0.15) is 42.8 Å². The highest BCUT2D eigenvalue weighted by atomic mass is 32.2. The summed E-state index contributed by atoms with van der Waals surface area (Å²) in [4.78, 5) is 38.0. The van der Waals surface area contributed by atoms with Gasteiger partial charge >= 0.3 is 12.1 Å². The third-order valence-corrected chi connectivity index (χ3v) is 6.16. The number of carbonyl (C=O) groups is 3. The van der Waals surface area contributed by atoms with Gasteiger partial charge in [0.1, 0.15) is 6.54 Å². The van der Waals surface area contributed by atoms with E-state index in [1.807, 2.05) is 6.92 Å². The minimum absolute atomic E-state index is 0.126. The lowest BCUT2D eigenvalue weighted by molar-refractivity contribution is -0.150. The molecule has 3 rings (SSSR count). The van der Waals surface area contributed by atoms with Crippen molar-refractivity contribution < 1.29 is 32.3 Å². The number of aryl methyl sites for hydroxylation is 1. The van der Waals surface area contributed by atoms with Crippen LogP contribution in [0.4, 0.5) is 18.0 Å². The Balaban J connectivity index is 1.87. The number of halogens is 3. The Kier molecular flexibility index (Phi) is 7.06. The van der Waals surface area contributed by atoms with Gasteiger partial charge in [0, 0.05) is 17.1 Å². The van der Waals surface area contributed by atoms with Gasteiger partial charge in [-0.2, -0.15) is 13.2 Å². The van der Waals surface area contributed by atoms with Crippen LogP contribution in [0, 0.1) is 13.8 Å². The van der Waals surface area contributed by atoms with Gasteiger partial charge in [0.2, 0.25) is 0 Å². The number of thioether (sulfide) groups is 1. The summed E-state index contributed by atoms with van der Waals surface area (Å²) in [5.41, 5.74) is 1.42. The summed E-state index contributed by atoms with van der Waals surface area (Å²) in [7, 11) is 0. The Bertz CT molecular complexity index is 1140. The standard InChI is InChI=1S/C23H23F3N2O4S/c1-5-14(3)32-20(29)12-27-21(30)19(33-22(27)31)10-16-9-13(2)28(15(16)4)18-8-6-7-17(11-18)23(24,25)26/h6-11,14H,5,12H2,1-4H3/b19-10-/t14-/m1/s1. The monoisotopic (exact) mass is 480 g/mol. The van der Waals surface area contributed by atoms with E-state index in [0.717, 1.165) is 17.0 Å². The zero-order chi connectivity index (χ0) is 24.5. The van der Waals surface area contributed by atoms with E-state index in [4.69, 9.17) is 4.74 Å². The Morgan fingerprint density at radius 1 is 1.21 bits per heavy atom. The number of hydrogen-bond donors (Lipinski definition) is 0. The molecule has 2 heterocycles. The normalized spacial score (nSPS) is 16.6. The van der Waals surface area contributed by atoms with Gasteiger partial charge in [-0.3, -0.25) is 19.3 Å². The van der Waals surface area contributed by atoms with E-state index in [-0.39, 0.29) is 11.0 Å². The maximum atomic E-state index is 13.1. The molecule has 0 spiro atoms. The van der Waals surface area contributed by atoms with Crippen LogP contribution in [0.3, 0.4) is 0 Å². The van der Waals surface area contributed by atoms with Gasteiger partial charge in [-0.1, -0.05) is 13.0 Å². The molecule has 0 bridgehead atoms. The van der Waals surface area contributed by atoms with Crippen molar-refractivity contribution in [1.82, 2.24) is 9.47 Å². The molecule has 1 aromatic carbocycles. The predicted molar refractivity (Wildman–Crippen MR) is 119 cm³/mol. The molecule has 0 unspecified atom stereocenters. The number of hydrogen-bond acceptors (Lipinski definition) is 5. The van der Waals surface area contributed by atoms with Crippen LogP contribution in [0.5, 0.6) is 0 Å². The predicted octanol–water partition coefficient (Wildman–Crippen LogP) is 5.49. The highest BCUT2D eigenvalue weighted by molar-refractivity contribution is 8.18. The molecule has 1 fully saturated rings. The van der Waals surface area contributed by atoms with Gasteiger partial charge in [-0.25, -0.2) is 0 Å². The summed E-state index contributed by atoms with van der Waals surface area (Å²) in [6.07, 6.45) is -2.68. The van der Waals surface area contributed by atoms with Gasteiger partial charge in [0.25, 0.3) is 11.1 Å². The SMILES string of the molecule is CC[C@@H](C)OC(=O)CN1C(=O)S/C(=C\c2cc(C)n(-c3cccc(C(F)(F)F)c3)c2C)C1=O. The summed E-state index contributed by atoms with van der Waals surface area (Å²) in [6.45, 7) is 6.53. The van der Waals surface area contributed by atoms with Gasteiger partial charge < -0.3 is 9.30 Å². The molecule has 0 aliphatic carbocycles. The maximum absolute atomic E-state index is 13.1. The first kappa shape index (κ1) is 24.6. The smallest absolute Gasteiger partial charge is 0.416 e. The molecular formula is C23H23F3N2O4S. The number of aromatic nitrogens is 1. The van der Waals surface area contributed by atoms with E-state index in [2.05, 4.69) is 0 Å². The molecule has 0 radical (unpaired) electrons. The fourth-order valence-electron chi connectivity index (χ4n) is 3.40. The molecule has 176 valence electrons. The van der Waals surface area contributed by atoms with E-state index >= 15 is 0 Å². The highest BCUT2D eigenvalue weighted by Crippen LogP contribution is 2.35. The molecule has 2 amide bonds. The van der Waals surface area contributed by atoms with E-state index in [1.54, 1.807) is 37.5 Å². The van der Waals surface area contributed by atoms with E-state index in [9.17, 15) is 27.6 Å². The fraction of sp³-hybridized carbons (Fsp3) is 0.348. The number of alkyl halides is 3. The molecule has 1 atom stereocenters. The van der Waals surface area contributed by atoms with Gasteiger partial charge in [0.05, 0.1) is 16.6 Å². The van der Waals surface area contributed by atoms with E-state index < -0.39 is 35.4 Å². The van der Waals surface area contributed by atoms with E-state index in [1.165, 1.54) is 12.1 Å². The van der Waals surface area contributed by atoms with Gasteiger partial charge in [-0.15, -0.1) is 0 Å². The Morgan fingerprint density at radius 3 is 2.55 bits per heavy atom. The van der Waals surface area contributed by atoms with Gasteiger partial charge in [0.15, 0.2) is 0 Å². The zero-order valence-corrected chi connectivity index (χ0v) is 19.3.